The fourth-order valence-electron chi connectivity index (χ4n) is 2.00. The van der Waals surface area contributed by atoms with E-state index in [9.17, 15) is 9.50 Å². The Balaban J connectivity index is 2.08. The topological polar surface area (TPSA) is 47.3 Å². The van der Waals surface area contributed by atoms with Crippen LogP contribution in [0.15, 0.2) is 30.7 Å². The quantitative estimate of drug-likeness (QED) is 0.913. The van der Waals surface area contributed by atoms with Crippen molar-refractivity contribution in [2.75, 3.05) is 0 Å². The lowest BCUT2D eigenvalue weighted by atomic mass is 10.1. The molecule has 1 aromatic carbocycles. The standard InChI is InChI=1S/C15H19FN2O2/c1-10(2)18-9-17-7-12(18)8-20-13-4-5-14(11(3)19)15(16)6-13/h4-7,9-11,19H,8H2,1-3H3/t11-/m0/s1. The van der Waals surface area contributed by atoms with Gasteiger partial charge in [-0.05, 0) is 32.9 Å². The largest absolute Gasteiger partial charge is 0.487 e. The van der Waals surface area contributed by atoms with E-state index in [1.807, 2.05) is 4.57 Å². The van der Waals surface area contributed by atoms with Gasteiger partial charge in [0.15, 0.2) is 0 Å². The molecule has 0 aliphatic heterocycles. The lowest BCUT2D eigenvalue weighted by Crippen LogP contribution is -2.07. The van der Waals surface area contributed by atoms with E-state index in [1.54, 1.807) is 18.6 Å². The SMILES string of the molecule is CC(C)n1cncc1COc1ccc([C@H](C)O)c(F)c1. The molecule has 0 radical (unpaired) electrons. The maximum atomic E-state index is 13.7. The zero-order valence-electron chi connectivity index (χ0n) is 11.9. The van der Waals surface area contributed by atoms with Crippen LogP contribution in [0.3, 0.4) is 0 Å². The average molecular weight is 278 g/mol. The van der Waals surface area contributed by atoms with Crippen molar-refractivity contribution < 1.29 is 14.2 Å². The Labute approximate surface area is 117 Å². The van der Waals surface area contributed by atoms with Crippen LogP contribution in [0.4, 0.5) is 4.39 Å². The van der Waals surface area contributed by atoms with E-state index in [2.05, 4.69) is 18.8 Å². The number of ether oxygens (including phenoxy) is 1. The number of aromatic nitrogens is 2. The van der Waals surface area contributed by atoms with E-state index in [-0.39, 0.29) is 5.56 Å². The van der Waals surface area contributed by atoms with Crippen LogP contribution in [0.2, 0.25) is 0 Å². The van der Waals surface area contributed by atoms with Crippen molar-refractivity contribution in [3.05, 3.63) is 47.8 Å². The lowest BCUT2D eigenvalue weighted by Gasteiger charge is -2.13. The van der Waals surface area contributed by atoms with E-state index in [1.165, 1.54) is 19.1 Å². The molecular formula is C15H19FN2O2. The molecule has 1 N–H and O–H groups in total. The second-order valence-electron chi connectivity index (χ2n) is 5.03. The Kier molecular flexibility index (Phi) is 4.39. The number of halogens is 1. The molecule has 0 saturated heterocycles. The van der Waals surface area contributed by atoms with Gasteiger partial charge in [-0.25, -0.2) is 9.37 Å². The molecule has 0 spiro atoms. The number of aliphatic hydroxyl groups excluding tert-OH is 1. The third-order valence-electron chi connectivity index (χ3n) is 3.11. The molecule has 2 rings (SSSR count). The van der Waals surface area contributed by atoms with Crippen molar-refractivity contribution in [3.8, 4) is 5.75 Å². The van der Waals surface area contributed by atoms with Crippen LogP contribution < -0.4 is 4.74 Å². The van der Waals surface area contributed by atoms with Crippen molar-refractivity contribution in [1.82, 2.24) is 9.55 Å². The minimum absolute atomic E-state index is 0.268. The minimum atomic E-state index is -0.827. The first-order valence-electron chi connectivity index (χ1n) is 6.60. The summed E-state index contributed by atoms with van der Waals surface area (Å²) in [6.45, 7) is 5.97. The first-order valence-corrected chi connectivity index (χ1v) is 6.60. The Morgan fingerprint density at radius 3 is 2.70 bits per heavy atom. The Morgan fingerprint density at radius 2 is 2.10 bits per heavy atom. The number of rotatable bonds is 5. The second kappa shape index (κ2) is 6.05. The van der Waals surface area contributed by atoms with Gasteiger partial charge in [-0.15, -0.1) is 0 Å². The van der Waals surface area contributed by atoms with Gasteiger partial charge in [0, 0.05) is 17.7 Å². The lowest BCUT2D eigenvalue weighted by molar-refractivity contribution is 0.193. The molecule has 0 fully saturated rings. The van der Waals surface area contributed by atoms with Gasteiger partial charge in [0.25, 0.3) is 0 Å². The highest BCUT2D eigenvalue weighted by Crippen LogP contribution is 2.22. The van der Waals surface area contributed by atoms with Gasteiger partial charge in [-0.3, -0.25) is 0 Å². The van der Waals surface area contributed by atoms with Crippen LogP contribution in [0, 0.1) is 5.82 Å². The molecule has 0 aliphatic rings. The van der Waals surface area contributed by atoms with Crippen LogP contribution >= 0.6 is 0 Å². The molecular weight excluding hydrogens is 259 g/mol. The van der Waals surface area contributed by atoms with E-state index >= 15 is 0 Å². The first-order chi connectivity index (χ1) is 9.49. The molecule has 1 atom stereocenters. The van der Waals surface area contributed by atoms with Gasteiger partial charge >= 0.3 is 0 Å². The van der Waals surface area contributed by atoms with Gasteiger partial charge in [0.05, 0.1) is 24.3 Å². The average Bonchev–Trinajstić information content (AvgIpc) is 2.84. The number of aliphatic hydroxyl groups is 1. The molecule has 1 heterocycles. The summed E-state index contributed by atoms with van der Waals surface area (Å²) < 4.78 is 21.3. The molecule has 20 heavy (non-hydrogen) atoms. The molecule has 4 nitrogen and oxygen atoms in total. The van der Waals surface area contributed by atoms with E-state index < -0.39 is 11.9 Å². The van der Waals surface area contributed by atoms with Gasteiger partial charge in [0.1, 0.15) is 18.2 Å². The summed E-state index contributed by atoms with van der Waals surface area (Å²) in [4.78, 5) is 4.09. The van der Waals surface area contributed by atoms with Gasteiger partial charge < -0.3 is 14.4 Å². The summed E-state index contributed by atoms with van der Waals surface area (Å²) in [6, 6.07) is 4.78. The van der Waals surface area contributed by atoms with Crippen LogP contribution in [0.1, 0.15) is 44.2 Å². The van der Waals surface area contributed by atoms with Crippen LogP contribution in [0.25, 0.3) is 0 Å². The fraction of sp³-hybridized carbons (Fsp3) is 0.400. The van der Waals surface area contributed by atoms with E-state index in [0.29, 0.717) is 18.4 Å². The number of hydrogen-bond donors (Lipinski definition) is 1. The van der Waals surface area contributed by atoms with Crippen molar-refractivity contribution in [2.45, 2.75) is 39.5 Å². The maximum Gasteiger partial charge on any atom is 0.132 e. The smallest absolute Gasteiger partial charge is 0.132 e. The zero-order chi connectivity index (χ0) is 14.7. The van der Waals surface area contributed by atoms with Crippen LogP contribution in [0.5, 0.6) is 5.75 Å². The highest BCUT2D eigenvalue weighted by molar-refractivity contribution is 5.30. The van der Waals surface area contributed by atoms with Crippen molar-refractivity contribution >= 4 is 0 Å². The molecule has 0 unspecified atom stereocenters. The summed E-state index contributed by atoms with van der Waals surface area (Å²) in [6.07, 6.45) is 2.66. The second-order valence-corrected chi connectivity index (χ2v) is 5.03. The van der Waals surface area contributed by atoms with Gasteiger partial charge in [-0.2, -0.15) is 0 Å². The third kappa shape index (κ3) is 3.17. The zero-order valence-corrected chi connectivity index (χ0v) is 11.9. The maximum absolute atomic E-state index is 13.7. The molecule has 0 aliphatic carbocycles. The number of benzene rings is 1. The number of imidazole rings is 1. The highest BCUT2D eigenvalue weighted by Gasteiger charge is 2.10. The van der Waals surface area contributed by atoms with Crippen molar-refractivity contribution in [1.29, 1.82) is 0 Å². The summed E-state index contributed by atoms with van der Waals surface area (Å²) in [7, 11) is 0. The van der Waals surface area contributed by atoms with Gasteiger partial charge in [0.2, 0.25) is 0 Å². The van der Waals surface area contributed by atoms with Crippen molar-refractivity contribution in [2.24, 2.45) is 0 Å². The third-order valence-corrected chi connectivity index (χ3v) is 3.11. The monoisotopic (exact) mass is 278 g/mol. The van der Waals surface area contributed by atoms with Crippen molar-refractivity contribution in [3.63, 3.8) is 0 Å². The summed E-state index contributed by atoms with van der Waals surface area (Å²) >= 11 is 0. The van der Waals surface area contributed by atoms with Crippen LogP contribution in [-0.2, 0) is 6.61 Å². The molecule has 1 aromatic heterocycles. The Morgan fingerprint density at radius 1 is 1.35 bits per heavy atom. The fourth-order valence-corrected chi connectivity index (χ4v) is 2.00. The predicted octanol–water partition coefficient (Wildman–Crippen LogP) is 3.24. The molecule has 0 saturated carbocycles. The van der Waals surface area contributed by atoms with E-state index in [4.69, 9.17) is 4.74 Å². The van der Waals surface area contributed by atoms with E-state index in [0.717, 1.165) is 5.69 Å². The number of hydrogen-bond acceptors (Lipinski definition) is 3. The van der Waals surface area contributed by atoms with Gasteiger partial charge in [-0.1, -0.05) is 0 Å². The summed E-state index contributed by atoms with van der Waals surface area (Å²) in [5.74, 6) is -0.0294. The normalized spacial score (nSPS) is 12.7. The molecule has 108 valence electrons. The number of nitrogens with zero attached hydrogens (tertiary/aromatic N) is 2. The predicted molar refractivity (Wildman–Crippen MR) is 74.0 cm³/mol. The summed E-state index contributed by atoms with van der Waals surface area (Å²) in [5.41, 5.74) is 1.20. The minimum Gasteiger partial charge on any atom is -0.487 e. The molecule has 0 amide bonds. The Bertz CT molecular complexity index is 579. The molecule has 0 bridgehead atoms. The van der Waals surface area contributed by atoms with Crippen LogP contribution in [-0.4, -0.2) is 14.7 Å². The molecule has 5 heteroatoms. The Hall–Kier alpha value is -1.88. The molecule has 2 aromatic rings. The highest BCUT2D eigenvalue weighted by atomic mass is 19.1. The first kappa shape index (κ1) is 14.5. The summed E-state index contributed by atoms with van der Waals surface area (Å²) in [5, 5.41) is 9.38.